The number of aromatic nitrogens is 4. The number of benzene rings is 1. The van der Waals surface area contributed by atoms with Crippen LogP contribution in [-0.4, -0.2) is 38.6 Å². The molecule has 0 unspecified atom stereocenters. The summed E-state index contributed by atoms with van der Waals surface area (Å²) in [5.41, 5.74) is 2.91. The number of unbranched alkanes of at least 4 members (excludes halogenated alkanes) is 1. The Labute approximate surface area is 193 Å². The lowest BCUT2D eigenvalue weighted by Gasteiger charge is -2.12. The largest absolute Gasteiger partial charge is 0.370 e. The number of anilines is 1. The van der Waals surface area contributed by atoms with Crippen molar-refractivity contribution in [1.82, 2.24) is 24.9 Å². The van der Waals surface area contributed by atoms with Crippen molar-refractivity contribution in [2.45, 2.75) is 12.8 Å². The lowest BCUT2D eigenvalue weighted by Crippen LogP contribution is -2.24. The highest BCUT2D eigenvalue weighted by Gasteiger charge is 2.13. The van der Waals surface area contributed by atoms with Crippen molar-refractivity contribution in [1.29, 1.82) is 0 Å². The summed E-state index contributed by atoms with van der Waals surface area (Å²) in [6.07, 6.45) is 6.64. The molecule has 0 bridgehead atoms. The molecule has 0 aliphatic heterocycles. The van der Waals surface area contributed by atoms with Crippen LogP contribution in [0.4, 0.5) is 5.82 Å². The summed E-state index contributed by atoms with van der Waals surface area (Å²) in [6.45, 7) is 1.32. The Morgan fingerprint density at radius 2 is 1.94 bits per heavy atom. The average molecular weight is 500 g/mol. The number of amides is 1. The van der Waals surface area contributed by atoms with Crippen molar-refractivity contribution < 1.29 is 4.79 Å². The predicted molar refractivity (Wildman–Crippen MR) is 125 cm³/mol. The van der Waals surface area contributed by atoms with Gasteiger partial charge in [0.15, 0.2) is 5.65 Å². The molecule has 0 spiro atoms. The molecule has 0 aliphatic rings. The maximum Gasteiger partial charge on any atom is 0.252 e. The van der Waals surface area contributed by atoms with E-state index in [1.165, 1.54) is 0 Å². The van der Waals surface area contributed by atoms with Crippen LogP contribution in [0.2, 0.25) is 5.02 Å². The lowest BCUT2D eigenvalue weighted by molar-refractivity contribution is 0.0952. The monoisotopic (exact) mass is 498 g/mol. The number of hydrogen-bond donors (Lipinski definition) is 2. The fraction of sp³-hybridized carbons (Fsp3) is 0.182. The van der Waals surface area contributed by atoms with Crippen LogP contribution in [0.25, 0.3) is 16.9 Å². The van der Waals surface area contributed by atoms with E-state index in [4.69, 9.17) is 16.6 Å². The molecular formula is C22H20BrClN6O. The van der Waals surface area contributed by atoms with Gasteiger partial charge in [-0.25, -0.2) is 4.98 Å². The van der Waals surface area contributed by atoms with Gasteiger partial charge in [0.2, 0.25) is 0 Å². The van der Waals surface area contributed by atoms with Crippen LogP contribution in [0.15, 0.2) is 65.5 Å². The minimum atomic E-state index is -0.109. The normalized spacial score (nSPS) is 10.9. The number of nitrogens with one attached hydrogen (secondary N) is 2. The Morgan fingerprint density at radius 1 is 1.10 bits per heavy atom. The second kappa shape index (κ2) is 9.89. The van der Waals surface area contributed by atoms with Gasteiger partial charge in [0.25, 0.3) is 5.91 Å². The van der Waals surface area contributed by atoms with Gasteiger partial charge >= 0.3 is 0 Å². The Morgan fingerprint density at radius 3 is 2.74 bits per heavy atom. The summed E-state index contributed by atoms with van der Waals surface area (Å²) in [5.74, 6) is 0.715. The molecule has 7 nitrogen and oxygen atoms in total. The van der Waals surface area contributed by atoms with Gasteiger partial charge < -0.3 is 10.6 Å². The van der Waals surface area contributed by atoms with Crippen molar-refractivity contribution in [2.75, 3.05) is 18.4 Å². The molecule has 0 fully saturated rings. The molecule has 0 atom stereocenters. The quantitative estimate of drug-likeness (QED) is 0.339. The van der Waals surface area contributed by atoms with Crippen LogP contribution < -0.4 is 10.6 Å². The van der Waals surface area contributed by atoms with Crippen LogP contribution in [0.3, 0.4) is 0 Å². The Bertz CT molecular complexity index is 1200. The maximum atomic E-state index is 12.0. The first-order chi connectivity index (χ1) is 15.1. The summed E-state index contributed by atoms with van der Waals surface area (Å²) in [7, 11) is 0. The third-order valence-electron chi connectivity index (χ3n) is 4.70. The number of rotatable bonds is 8. The molecule has 0 radical (unpaired) electrons. The number of carbonyl (C=O) groups is 1. The third-order valence-corrected chi connectivity index (χ3v) is 5.59. The fourth-order valence-corrected chi connectivity index (χ4v) is 3.72. The second-order valence-corrected chi connectivity index (χ2v) is 8.13. The van der Waals surface area contributed by atoms with E-state index in [9.17, 15) is 4.79 Å². The summed E-state index contributed by atoms with van der Waals surface area (Å²) in [5, 5.41) is 11.4. The van der Waals surface area contributed by atoms with Crippen molar-refractivity contribution in [3.63, 3.8) is 0 Å². The van der Waals surface area contributed by atoms with Crippen molar-refractivity contribution in [3.8, 4) is 11.3 Å². The number of halogens is 2. The predicted octanol–water partition coefficient (Wildman–Crippen LogP) is 4.83. The number of fused-ring (bicyclic) bond motifs is 1. The van der Waals surface area contributed by atoms with E-state index in [2.05, 4.69) is 36.6 Å². The number of nitrogens with zero attached hydrogens (tertiary/aromatic N) is 4. The molecule has 3 aromatic heterocycles. The Balaban J connectivity index is 1.38. The van der Waals surface area contributed by atoms with Gasteiger partial charge in [-0.3, -0.25) is 9.78 Å². The molecule has 1 amide bonds. The molecular weight excluding hydrogens is 480 g/mol. The summed E-state index contributed by atoms with van der Waals surface area (Å²) in [4.78, 5) is 20.7. The zero-order valence-electron chi connectivity index (χ0n) is 16.6. The maximum absolute atomic E-state index is 12.0. The Hall–Kier alpha value is -2.97. The molecule has 9 heteroatoms. The highest BCUT2D eigenvalue weighted by Crippen LogP contribution is 2.30. The smallest absolute Gasteiger partial charge is 0.252 e. The lowest BCUT2D eigenvalue weighted by atomic mass is 10.1. The molecule has 2 N–H and O–H groups in total. The number of pyridine rings is 1. The first kappa shape index (κ1) is 21.3. The van der Waals surface area contributed by atoms with E-state index in [1.54, 1.807) is 35.2 Å². The summed E-state index contributed by atoms with van der Waals surface area (Å²) >= 11 is 9.88. The van der Waals surface area contributed by atoms with E-state index in [0.29, 0.717) is 22.8 Å². The average Bonchev–Trinajstić information content (AvgIpc) is 3.17. The Kier molecular flexibility index (Phi) is 6.79. The molecule has 4 rings (SSSR count). The minimum absolute atomic E-state index is 0.109. The van der Waals surface area contributed by atoms with Crippen LogP contribution in [0.5, 0.6) is 0 Å². The standard InChI is InChI=1S/C22H20BrClN6O/c23-17-14-28-30-20(12-19(29-21(17)30)16-7-1-2-8-18(16)24)26-10-3-4-11-27-22(31)15-6-5-9-25-13-15/h1-2,5-9,12-14,26H,3-4,10-11H2,(H,27,31). The zero-order valence-corrected chi connectivity index (χ0v) is 18.9. The van der Waals surface area contributed by atoms with Crippen molar-refractivity contribution in [2.24, 2.45) is 0 Å². The highest BCUT2D eigenvalue weighted by molar-refractivity contribution is 9.10. The first-order valence-corrected chi connectivity index (χ1v) is 11.0. The van der Waals surface area contributed by atoms with Crippen molar-refractivity contribution in [3.05, 3.63) is 76.1 Å². The van der Waals surface area contributed by atoms with Crippen LogP contribution in [0.1, 0.15) is 23.2 Å². The van der Waals surface area contributed by atoms with E-state index < -0.39 is 0 Å². The van der Waals surface area contributed by atoms with Crippen LogP contribution in [-0.2, 0) is 0 Å². The fourth-order valence-electron chi connectivity index (χ4n) is 3.14. The van der Waals surface area contributed by atoms with E-state index >= 15 is 0 Å². The second-order valence-electron chi connectivity index (χ2n) is 6.87. The van der Waals surface area contributed by atoms with E-state index in [1.807, 2.05) is 30.3 Å². The van der Waals surface area contributed by atoms with E-state index in [0.717, 1.165) is 40.9 Å². The first-order valence-electron chi connectivity index (χ1n) is 9.85. The van der Waals surface area contributed by atoms with Crippen LogP contribution >= 0.6 is 27.5 Å². The van der Waals surface area contributed by atoms with Gasteiger partial charge in [0.05, 0.1) is 21.9 Å². The van der Waals surface area contributed by atoms with Gasteiger partial charge in [0, 0.05) is 42.1 Å². The summed E-state index contributed by atoms with van der Waals surface area (Å²) < 4.78 is 2.57. The van der Waals surface area contributed by atoms with Gasteiger partial charge in [0.1, 0.15) is 5.82 Å². The van der Waals surface area contributed by atoms with Crippen molar-refractivity contribution >= 4 is 44.9 Å². The van der Waals surface area contributed by atoms with E-state index in [-0.39, 0.29) is 5.91 Å². The van der Waals surface area contributed by atoms with Gasteiger partial charge in [-0.05, 0) is 47.0 Å². The van der Waals surface area contributed by atoms with Gasteiger partial charge in [-0.2, -0.15) is 9.61 Å². The molecule has 0 saturated heterocycles. The molecule has 31 heavy (non-hydrogen) atoms. The number of hydrogen-bond acceptors (Lipinski definition) is 5. The van der Waals surface area contributed by atoms with Gasteiger partial charge in [-0.15, -0.1) is 0 Å². The van der Waals surface area contributed by atoms with Crippen LogP contribution in [0, 0.1) is 0 Å². The van der Waals surface area contributed by atoms with Gasteiger partial charge in [-0.1, -0.05) is 29.8 Å². The molecule has 0 aliphatic carbocycles. The SMILES string of the molecule is O=C(NCCCCNc1cc(-c2ccccc2Cl)nc2c(Br)cnn12)c1cccnc1. The topological polar surface area (TPSA) is 84.2 Å². The molecule has 4 aromatic rings. The molecule has 3 heterocycles. The number of carbonyl (C=O) groups excluding carboxylic acids is 1. The minimum Gasteiger partial charge on any atom is -0.370 e. The highest BCUT2D eigenvalue weighted by atomic mass is 79.9. The molecule has 0 saturated carbocycles. The molecule has 158 valence electrons. The third kappa shape index (κ3) is 5.03. The molecule has 1 aromatic carbocycles. The zero-order chi connectivity index (χ0) is 21.6. The summed E-state index contributed by atoms with van der Waals surface area (Å²) in [6, 6.07) is 13.1.